The van der Waals surface area contributed by atoms with Gasteiger partial charge in [-0.15, -0.1) is 0 Å². The molecule has 0 bridgehead atoms. The van der Waals surface area contributed by atoms with Gasteiger partial charge in [-0.1, -0.05) is 13.3 Å². The lowest BCUT2D eigenvalue weighted by atomic mass is 9.58. The summed E-state index contributed by atoms with van der Waals surface area (Å²) < 4.78 is 25.4. The molecule has 4 N–H and O–H groups in total. The number of piperidine rings is 1. The molecule has 5 heteroatoms. The molecule has 0 aliphatic carbocycles. The van der Waals surface area contributed by atoms with Gasteiger partial charge >= 0.3 is 0 Å². The number of nitrogens with zero attached hydrogens (tertiary/aromatic N) is 1. The second-order valence-electron chi connectivity index (χ2n) is 8.13. The van der Waals surface area contributed by atoms with Gasteiger partial charge in [-0.3, -0.25) is 4.90 Å². The van der Waals surface area contributed by atoms with Crippen molar-refractivity contribution >= 4 is 0 Å². The average molecular weight is 320 g/mol. The molecular formula is C17H35NO4. The van der Waals surface area contributed by atoms with Gasteiger partial charge in [0, 0.05) is 14.8 Å². The maximum absolute atomic E-state index is 11.3. The van der Waals surface area contributed by atoms with Gasteiger partial charge in [-0.05, 0) is 54.9 Å². The second kappa shape index (κ2) is 5.42. The third-order valence-corrected chi connectivity index (χ3v) is 5.68. The first-order valence-electron chi connectivity index (χ1n) is 9.38. The summed E-state index contributed by atoms with van der Waals surface area (Å²) in [6.07, 6.45) is -1.86. The first-order chi connectivity index (χ1) is 10.7. The lowest BCUT2D eigenvalue weighted by molar-refractivity contribution is -0.318. The van der Waals surface area contributed by atoms with Crippen LogP contribution in [0.2, 0.25) is 0 Å². The van der Waals surface area contributed by atoms with E-state index < -0.39 is 40.5 Å². The van der Waals surface area contributed by atoms with Crippen molar-refractivity contribution in [3.05, 3.63) is 0 Å². The van der Waals surface area contributed by atoms with Crippen LogP contribution in [0.15, 0.2) is 0 Å². The first kappa shape index (κ1) is 15.3. The highest BCUT2D eigenvalue weighted by Gasteiger charge is 2.70. The normalized spacial score (nSPS) is 49.4. The Morgan fingerprint density at radius 3 is 2.05 bits per heavy atom. The van der Waals surface area contributed by atoms with Gasteiger partial charge in [-0.25, -0.2) is 0 Å². The molecule has 0 spiro atoms. The molecule has 1 heterocycles. The highest BCUT2D eigenvalue weighted by Crippen LogP contribution is 2.51. The number of hydrogen-bond donors (Lipinski definition) is 4. The number of hydrogen-bond acceptors (Lipinski definition) is 5. The Balaban J connectivity index is 3.99. The van der Waals surface area contributed by atoms with E-state index in [2.05, 4.69) is 0 Å². The molecule has 1 aliphatic heterocycles. The van der Waals surface area contributed by atoms with E-state index in [1.54, 1.807) is 13.8 Å². The lowest BCUT2D eigenvalue weighted by Gasteiger charge is -2.68. The van der Waals surface area contributed by atoms with E-state index in [0.717, 1.165) is 6.92 Å². The Morgan fingerprint density at radius 2 is 1.68 bits per heavy atom. The zero-order valence-electron chi connectivity index (χ0n) is 18.2. The fourth-order valence-corrected chi connectivity index (χ4v) is 3.60. The van der Waals surface area contributed by atoms with Crippen molar-refractivity contribution in [2.75, 3.05) is 6.50 Å². The van der Waals surface area contributed by atoms with Gasteiger partial charge in [0.25, 0.3) is 0 Å². The summed E-state index contributed by atoms with van der Waals surface area (Å²) in [4.78, 5) is 1.18. The van der Waals surface area contributed by atoms with E-state index in [4.69, 9.17) is 4.11 Å². The molecule has 5 nitrogen and oxygen atoms in total. The summed E-state index contributed by atoms with van der Waals surface area (Å²) >= 11 is 0. The van der Waals surface area contributed by atoms with Crippen LogP contribution in [0.25, 0.3) is 0 Å². The van der Waals surface area contributed by atoms with E-state index >= 15 is 0 Å². The highest BCUT2D eigenvalue weighted by atomic mass is 16.4. The maximum atomic E-state index is 11.3. The zero-order chi connectivity index (χ0) is 20.5. The summed E-state index contributed by atoms with van der Waals surface area (Å²) in [5.74, 6) is 0. The summed E-state index contributed by atoms with van der Waals surface area (Å²) in [5, 5.41) is 43.9. The number of β-amino-alcohol motifs (C(OH)–C–C–N with tert-alkyl or cyclic N) is 1. The molecule has 0 aromatic carbocycles. The summed E-state index contributed by atoms with van der Waals surface area (Å²) in [7, 11) is 0. The maximum Gasteiger partial charge on any atom is 0.119 e. The quantitative estimate of drug-likeness (QED) is 0.627. The van der Waals surface area contributed by atoms with Crippen molar-refractivity contribution in [1.29, 1.82) is 0 Å². The van der Waals surface area contributed by atoms with Crippen molar-refractivity contribution in [3.63, 3.8) is 0 Å². The van der Waals surface area contributed by atoms with Crippen LogP contribution in [0.4, 0.5) is 0 Å². The van der Waals surface area contributed by atoms with Crippen molar-refractivity contribution in [2.45, 2.75) is 102 Å². The van der Waals surface area contributed by atoms with Crippen LogP contribution in [-0.4, -0.2) is 65.8 Å². The van der Waals surface area contributed by atoms with Crippen LogP contribution < -0.4 is 0 Å². The van der Waals surface area contributed by atoms with Gasteiger partial charge in [0.15, 0.2) is 0 Å². The third-order valence-electron chi connectivity index (χ3n) is 5.68. The Hall–Kier alpha value is -0.200. The molecule has 1 saturated heterocycles. The Kier molecular flexibility index (Phi) is 3.78. The molecule has 0 aromatic heterocycles. The molecule has 0 amide bonds. The van der Waals surface area contributed by atoms with Gasteiger partial charge in [0.1, 0.15) is 11.2 Å². The number of aliphatic hydroxyl groups is 4. The molecule has 1 fully saturated rings. The van der Waals surface area contributed by atoms with Gasteiger partial charge in [0.2, 0.25) is 0 Å². The number of likely N-dealkylation sites (tertiary alicyclic amines) is 1. The van der Waals surface area contributed by atoms with Crippen LogP contribution in [0.5, 0.6) is 0 Å². The molecule has 4 atom stereocenters. The van der Waals surface area contributed by atoms with Gasteiger partial charge in [0.05, 0.1) is 18.6 Å². The van der Waals surface area contributed by atoms with Crippen molar-refractivity contribution in [1.82, 2.24) is 4.90 Å². The lowest BCUT2D eigenvalue weighted by Crippen LogP contribution is -2.86. The molecule has 0 unspecified atom stereocenters. The van der Waals surface area contributed by atoms with E-state index in [1.807, 2.05) is 6.92 Å². The highest BCUT2D eigenvalue weighted by molar-refractivity contribution is 5.24. The predicted octanol–water partition coefficient (Wildman–Crippen LogP) is 1.27. The van der Waals surface area contributed by atoms with Crippen LogP contribution in [0, 0.1) is 0 Å². The number of rotatable bonds is 4. The molecule has 22 heavy (non-hydrogen) atoms. The van der Waals surface area contributed by atoms with E-state index in [-0.39, 0.29) is 0 Å². The van der Waals surface area contributed by atoms with Crippen molar-refractivity contribution in [3.8, 4) is 0 Å². The van der Waals surface area contributed by atoms with Crippen molar-refractivity contribution in [2.24, 2.45) is 0 Å². The van der Waals surface area contributed by atoms with Crippen LogP contribution >= 0.6 is 0 Å². The Bertz CT molecular complexity index is 526. The molecule has 132 valence electrons. The largest absolute Gasteiger partial charge is 0.389 e. The minimum atomic E-state index is -3.04. The minimum absolute atomic E-state index is 0.493. The first-order valence-corrected chi connectivity index (χ1v) is 7.88. The standard InChI is InChI=1S/C17H35NO4/c1-9-10-13(2,3)18-11-12(19)15(6,21)17(8,22)16(18,7)14(4,5)20/h12,19-22H,9-11H2,1-8H3/t12-,15+,16+,17-/m0/s1/i11D2,12D. The van der Waals surface area contributed by atoms with Gasteiger partial charge < -0.3 is 20.4 Å². The van der Waals surface area contributed by atoms with Crippen molar-refractivity contribution < 1.29 is 24.5 Å². The fraction of sp³-hybridized carbons (Fsp3) is 1.00. The second-order valence-corrected chi connectivity index (χ2v) is 8.13. The van der Waals surface area contributed by atoms with Crippen LogP contribution in [-0.2, 0) is 0 Å². The van der Waals surface area contributed by atoms with Gasteiger partial charge in [-0.2, -0.15) is 0 Å². The molecular weight excluding hydrogens is 282 g/mol. The molecule has 0 saturated carbocycles. The third kappa shape index (κ3) is 2.51. The van der Waals surface area contributed by atoms with E-state index in [1.165, 1.54) is 32.6 Å². The Labute approximate surface area is 139 Å². The molecule has 1 rings (SSSR count). The van der Waals surface area contributed by atoms with Crippen LogP contribution in [0.1, 0.15) is 72.3 Å². The summed E-state index contributed by atoms with van der Waals surface area (Å²) in [6.45, 7) is 9.23. The predicted molar refractivity (Wildman–Crippen MR) is 87.7 cm³/mol. The summed E-state index contributed by atoms with van der Waals surface area (Å²) in [5.41, 5.74) is -9.10. The SMILES string of the molecule is [2H]C1([2H])N(C(C)(C)CCC)[C@](C)(C(C)(C)O)[C@@](C)(O)[C@](C)(O)[C@@]1([2H])O. The monoisotopic (exact) mass is 320 g/mol. The zero-order valence-corrected chi connectivity index (χ0v) is 15.2. The van der Waals surface area contributed by atoms with Crippen LogP contribution in [0.3, 0.4) is 0 Å². The smallest absolute Gasteiger partial charge is 0.119 e. The average Bonchev–Trinajstić information content (AvgIpc) is 2.34. The van der Waals surface area contributed by atoms with E-state index in [0.29, 0.717) is 12.8 Å². The molecule has 0 aromatic rings. The molecule has 1 aliphatic rings. The van der Waals surface area contributed by atoms with E-state index in [9.17, 15) is 20.4 Å². The Morgan fingerprint density at radius 1 is 1.23 bits per heavy atom. The topological polar surface area (TPSA) is 84.2 Å². The minimum Gasteiger partial charge on any atom is -0.389 e. The fourth-order valence-electron chi connectivity index (χ4n) is 3.60. The summed E-state index contributed by atoms with van der Waals surface area (Å²) in [6, 6.07) is 0. The molecule has 0 radical (unpaired) electrons.